The average Bonchev–Trinajstić information content (AvgIpc) is 2.61. The maximum atomic E-state index is 12.7. The Morgan fingerprint density at radius 3 is 2.54 bits per heavy atom. The van der Waals surface area contributed by atoms with Crippen LogP contribution in [0, 0.1) is 5.92 Å². The van der Waals surface area contributed by atoms with E-state index in [4.69, 9.17) is 5.73 Å². The summed E-state index contributed by atoms with van der Waals surface area (Å²) in [6.45, 7) is 4.53. The number of carbonyl (C=O) groups is 1. The number of hydrogen-bond acceptors (Lipinski definition) is 5. The van der Waals surface area contributed by atoms with Crippen molar-refractivity contribution < 1.29 is 9.90 Å². The van der Waals surface area contributed by atoms with E-state index >= 15 is 0 Å². The summed E-state index contributed by atoms with van der Waals surface area (Å²) in [6.07, 6.45) is 1.48. The van der Waals surface area contributed by atoms with Crippen molar-refractivity contribution in [1.29, 1.82) is 0 Å². The summed E-state index contributed by atoms with van der Waals surface area (Å²) in [4.78, 5) is 12.7. The van der Waals surface area contributed by atoms with Gasteiger partial charge in [-0.1, -0.05) is 50.6 Å². The minimum Gasteiger partial charge on any atom is -0.394 e. The smallest absolute Gasteiger partial charge is 0.237 e. The molecule has 1 aromatic rings. The van der Waals surface area contributed by atoms with Crippen LogP contribution in [0.3, 0.4) is 0 Å². The van der Waals surface area contributed by atoms with Crippen molar-refractivity contribution in [3.05, 3.63) is 35.9 Å². The second-order valence-corrected chi connectivity index (χ2v) is 6.66. The molecule has 5 N–H and O–H groups in total. The molecule has 136 valence electrons. The van der Waals surface area contributed by atoms with Crippen LogP contribution in [0.4, 0.5) is 0 Å². The number of nitrogens with one attached hydrogen (secondary N) is 2. The van der Waals surface area contributed by atoms with E-state index in [1.165, 1.54) is 0 Å². The Hall–Kier alpha value is -1.08. The van der Waals surface area contributed by atoms with E-state index < -0.39 is 0 Å². The zero-order chi connectivity index (χ0) is 17.9. The van der Waals surface area contributed by atoms with Gasteiger partial charge in [0.2, 0.25) is 5.91 Å². The minimum absolute atomic E-state index is 0.0919. The lowest BCUT2D eigenvalue weighted by atomic mass is 9.97. The van der Waals surface area contributed by atoms with Crippen molar-refractivity contribution in [2.24, 2.45) is 11.7 Å². The largest absolute Gasteiger partial charge is 0.394 e. The first-order chi connectivity index (χ1) is 11.5. The second-order valence-electron chi connectivity index (χ2n) is 6.29. The molecule has 0 aliphatic rings. The zero-order valence-electron chi connectivity index (χ0n) is 14.6. The summed E-state index contributed by atoms with van der Waals surface area (Å²) in [7, 11) is 0. The van der Waals surface area contributed by atoms with E-state index in [9.17, 15) is 9.90 Å². The lowest BCUT2D eigenvalue weighted by molar-refractivity contribution is -0.125. The molecule has 4 atom stereocenters. The summed E-state index contributed by atoms with van der Waals surface area (Å²) >= 11 is 4.17. The van der Waals surface area contributed by atoms with Crippen molar-refractivity contribution in [2.75, 3.05) is 18.9 Å². The highest BCUT2D eigenvalue weighted by molar-refractivity contribution is 7.80. The highest BCUT2D eigenvalue weighted by Crippen LogP contribution is 2.09. The Labute approximate surface area is 150 Å². The number of thiol groups is 1. The van der Waals surface area contributed by atoms with Gasteiger partial charge in [0, 0.05) is 18.3 Å². The van der Waals surface area contributed by atoms with Crippen molar-refractivity contribution in [3.8, 4) is 0 Å². The van der Waals surface area contributed by atoms with Crippen LogP contribution in [0.1, 0.15) is 25.8 Å². The third-order valence-corrected chi connectivity index (χ3v) is 4.69. The van der Waals surface area contributed by atoms with Crippen LogP contribution in [-0.2, 0) is 11.2 Å². The van der Waals surface area contributed by atoms with Crippen LogP contribution >= 0.6 is 12.6 Å². The van der Waals surface area contributed by atoms with Gasteiger partial charge in [0.05, 0.1) is 18.7 Å². The predicted molar refractivity (Wildman–Crippen MR) is 102 cm³/mol. The zero-order valence-corrected chi connectivity index (χ0v) is 15.5. The third-order valence-electron chi connectivity index (χ3n) is 4.22. The molecule has 0 radical (unpaired) electrons. The van der Waals surface area contributed by atoms with Gasteiger partial charge in [0.15, 0.2) is 0 Å². The maximum absolute atomic E-state index is 12.7. The van der Waals surface area contributed by atoms with Gasteiger partial charge in [-0.25, -0.2) is 0 Å². The third kappa shape index (κ3) is 7.21. The van der Waals surface area contributed by atoms with Gasteiger partial charge in [-0.05, 0) is 17.9 Å². The molecule has 0 saturated carbocycles. The number of hydrogen-bond donors (Lipinski definition) is 5. The topological polar surface area (TPSA) is 87.4 Å². The van der Waals surface area contributed by atoms with Crippen LogP contribution in [-0.4, -0.2) is 48.0 Å². The number of aliphatic hydroxyl groups excluding tert-OH is 1. The van der Waals surface area contributed by atoms with Crippen LogP contribution in [0.15, 0.2) is 30.3 Å². The first-order valence-electron chi connectivity index (χ1n) is 8.56. The summed E-state index contributed by atoms with van der Waals surface area (Å²) in [5, 5.41) is 15.8. The average molecular weight is 354 g/mol. The number of carbonyl (C=O) groups excluding carboxylic acids is 1. The number of nitrogens with two attached hydrogens (primary N) is 1. The molecule has 0 spiro atoms. The lowest BCUT2D eigenvalue weighted by Crippen LogP contribution is -2.54. The highest BCUT2D eigenvalue weighted by Gasteiger charge is 2.25. The summed E-state index contributed by atoms with van der Waals surface area (Å²) in [6, 6.07) is 9.12. The SMILES string of the molecule is CC[C@H](C)[C@H](NC[C@@H](N)CS)C(=O)NC(CO)Cc1ccccc1. The standard InChI is InChI=1S/C18H31N3O2S/c1-3-13(2)17(20-10-15(19)12-24)18(23)21-16(11-22)9-14-7-5-4-6-8-14/h4-8,13,15-17,20,22,24H,3,9-12,19H2,1-2H3,(H,21,23)/t13-,15+,16?,17-/m0/s1. The number of benzene rings is 1. The Morgan fingerprint density at radius 1 is 1.33 bits per heavy atom. The van der Waals surface area contributed by atoms with E-state index in [1.54, 1.807) is 0 Å². The second kappa shape index (κ2) is 11.5. The fourth-order valence-corrected chi connectivity index (χ4v) is 2.61. The van der Waals surface area contributed by atoms with Crippen LogP contribution in [0.5, 0.6) is 0 Å². The first-order valence-corrected chi connectivity index (χ1v) is 9.20. The molecule has 0 aromatic heterocycles. The molecule has 24 heavy (non-hydrogen) atoms. The summed E-state index contributed by atoms with van der Waals surface area (Å²) < 4.78 is 0. The molecular weight excluding hydrogens is 322 g/mol. The van der Waals surface area contributed by atoms with E-state index in [1.807, 2.05) is 37.3 Å². The predicted octanol–water partition coefficient (Wildman–Crippen LogP) is 0.968. The molecule has 6 heteroatoms. The maximum Gasteiger partial charge on any atom is 0.237 e. The van der Waals surface area contributed by atoms with E-state index in [-0.39, 0.29) is 36.6 Å². The fraction of sp³-hybridized carbons (Fsp3) is 0.611. The van der Waals surface area contributed by atoms with Crippen LogP contribution in [0.2, 0.25) is 0 Å². The van der Waals surface area contributed by atoms with E-state index in [2.05, 4.69) is 30.2 Å². The number of amides is 1. The van der Waals surface area contributed by atoms with Crippen LogP contribution in [0.25, 0.3) is 0 Å². The monoisotopic (exact) mass is 353 g/mol. The van der Waals surface area contributed by atoms with Gasteiger partial charge in [-0.15, -0.1) is 0 Å². The molecule has 0 bridgehead atoms. The number of aliphatic hydroxyl groups is 1. The molecule has 5 nitrogen and oxygen atoms in total. The molecule has 0 fully saturated rings. The van der Waals surface area contributed by atoms with Gasteiger partial charge in [-0.3, -0.25) is 4.79 Å². The molecule has 0 aliphatic heterocycles. The van der Waals surface area contributed by atoms with Crippen molar-refractivity contribution in [3.63, 3.8) is 0 Å². The molecule has 0 saturated heterocycles. The van der Waals surface area contributed by atoms with Gasteiger partial charge >= 0.3 is 0 Å². The quantitative estimate of drug-likeness (QED) is 0.384. The molecule has 1 aromatic carbocycles. The Bertz CT molecular complexity index is 473. The Morgan fingerprint density at radius 2 is 2.00 bits per heavy atom. The molecule has 1 rings (SSSR count). The summed E-state index contributed by atoms with van der Waals surface area (Å²) in [5.41, 5.74) is 6.97. The molecular formula is C18H31N3O2S. The molecule has 0 aliphatic carbocycles. The Kier molecular flexibility index (Phi) is 10.0. The minimum atomic E-state index is -0.328. The molecule has 1 unspecified atom stereocenters. The fourth-order valence-electron chi connectivity index (χ4n) is 2.48. The van der Waals surface area contributed by atoms with Crippen molar-refractivity contribution in [2.45, 2.75) is 44.8 Å². The lowest BCUT2D eigenvalue weighted by Gasteiger charge is -2.27. The van der Waals surface area contributed by atoms with Gasteiger partial charge in [0.1, 0.15) is 0 Å². The van der Waals surface area contributed by atoms with Crippen molar-refractivity contribution in [1.82, 2.24) is 10.6 Å². The van der Waals surface area contributed by atoms with Crippen LogP contribution < -0.4 is 16.4 Å². The highest BCUT2D eigenvalue weighted by atomic mass is 32.1. The van der Waals surface area contributed by atoms with Gasteiger partial charge in [-0.2, -0.15) is 12.6 Å². The molecule has 0 heterocycles. The van der Waals surface area contributed by atoms with E-state index in [0.29, 0.717) is 18.7 Å². The van der Waals surface area contributed by atoms with Gasteiger partial charge < -0.3 is 21.5 Å². The number of rotatable bonds is 11. The normalized spacial score (nSPS) is 16.2. The van der Waals surface area contributed by atoms with E-state index in [0.717, 1.165) is 12.0 Å². The molecule has 1 amide bonds. The van der Waals surface area contributed by atoms with Gasteiger partial charge in [0.25, 0.3) is 0 Å². The summed E-state index contributed by atoms with van der Waals surface area (Å²) in [5.74, 6) is 0.647. The first kappa shape index (κ1) is 21.0. The van der Waals surface area contributed by atoms with Crippen molar-refractivity contribution >= 4 is 18.5 Å². The Balaban J connectivity index is 2.66.